The first-order valence-corrected chi connectivity index (χ1v) is 25.4. The molecule has 0 amide bonds. The third-order valence-corrected chi connectivity index (χ3v) is 24.3. The summed E-state index contributed by atoms with van der Waals surface area (Å²) < 4.78 is 37.6. The van der Waals surface area contributed by atoms with Gasteiger partial charge in [0.15, 0.2) is 25.0 Å². The molecule has 0 aromatic rings. The summed E-state index contributed by atoms with van der Waals surface area (Å²) in [6.45, 7) is 34.3. The van der Waals surface area contributed by atoms with Crippen LogP contribution in [0.1, 0.15) is 81.6 Å². The van der Waals surface area contributed by atoms with E-state index in [1.165, 1.54) is 0 Å². The maximum Gasteiger partial charge on any atom is 0.193 e. The van der Waals surface area contributed by atoms with Gasteiger partial charge in [0.05, 0.1) is 18.3 Å². The summed E-state index contributed by atoms with van der Waals surface area (Å²) in [6, 6.07) is 0. The van der Waals surface area contributed by atoms with Gasteiger partial charge in [0, 0.05) is 6.42 Å². The van der Waals surface area contributed by atoms with Crippen LogP contribution in [0.2, 0.25) is 54.4 Å². The lowest BCUT2D eigenvalue weighted by Gasteiger charge is -2.56. The zero-order valence-electron chi connectivity index (χ0n) is 28.7. The molecule has 0 spiro atoms. The van der Waals surface area contributed by atoms with E-state index in [2.05, 4.69) is 134 Å². The average Bonchev–Trinajstić information content (AvgIpc) is 2.78. The summed E-state index contributed by atoms with van der Waals surface area (Å²) >= 11 is 2.29. The summed E-state index contributed by atoms with van der Waals surface area (Å²) in [7, 11) is -6.69. The van der Waals surface area contributed by atoms with Crippen molar-refractivity contribution in [1.82, 2.24) is 0 Å². The van der Waals surface area contributed by atoms with E-state index in [4.69, 9.17) is 22.8 Å². The second kappa shape index (κ2) is 13.5. The number of fused-ring (bicyclic) bond motifs is 1. The molecule has 0 saturated carbocycles. The van der Waals surface area contributed by atoms with Crippen LogP contribution >= 0.6 is 22.6 Å². The fourth-order valence-electron chi connectivity index (χ4n) is 4.63. The molecule has 0 N–H and O–H groups in total. The molecule has 2 aliphatic rings. The zero-order chi connectivity index (χ0) is 31.8. The highest BCUT2D eigenvalue weighted by molar-refractivity contribution is 14.1. The Morgan fingerprint density at radius 1 is 0.780 bits per heavy atom. The van der Waals surface area contributed by atoms with Crippen LogP contribution in [0.3, 0.4) is 0 Å². The Balaban J connectivity index is 2.73. The van der Waals surface area contributed by atoms with E-state index in [0.29, 0.717) is 6.42 Å². The van der Waals surface area contributed by atoms with Gasteiger partial charge in [-0.3, -0.25) is 0 Å². The quantitative estimate of drug-likeness (QED) is 0.127. The zero-order valence-corrected chi connectivity index (χ0v) is 33.9. The smallest absolute Gasteiger partial charge is 0.193 e. The van der Waals surface area contributed by atoms with Crippen LogP contribution in [0.25, 0.3) is 0 Å². The topological polar surface area (TPSA) is 63.2 Å². The number of hydrogen-bond donors (Lipinski definition) is 0. The van der Waals surface area contributed by atoms with Crippen molar-refractivity contribution in [3.8, 4) is 0 Å². The lowest BCUT2D eigenvalue weighted by molar-refractivity contribution is -0.266. The molecule has 2 aliphatic heterocycles. The summed E-state index contributed by atoms with van der Waals surface area (Å²) in [5, 5.41) is 0.0521. The molecule has 7 atom stereocenters. The molecule has 0 radical (unpaired) electrons. The molecule has 2 heterocycles. The minimum atomic E-state index is -2.28. The van der Waals surface area contributed by atoms with Gasteiger partial charge in [-0.25, -0.2) is 0 Å². The maximum absolute atomic E-state index is 11.5. The lowest BCUT2D eigenvalue weighted by atomic mass is 9.87. The second-order valence-corrected chi connectivity index (χ2v) is 31.7. The van der Waals surface area contributed by atoms with Gasteiger partial charge < -0.3 is 27.5 Å². The van der Waals surface area contributed by atoms with Crippen molar-refractivity contribution in [1.29, 1.82) is 0 Å². The fraction of sp³-hybridized carbons (Fsp3) is 0.903. The Hall–Kier alpha value is 0.591. The van der Waals surface area contributed by atoms with E-state index >= 15 is 0 Å². The van der Waals surface area contributed by atoms with Crippen molar-refractivity contribution in [3.63, 3.8) is 0 Å². The first-order valence-electron chi connectivity index (χ1n) is 15.4. The van der Waals surface area contributed by atoms with Gasteiger partial charge in [-0.2, -0.15) is 0 Å². The van der Waals surface area contributed by atoms with Crippen LogP contribution in [-0.4, -0.2) is 74.0 Å². The van der Waals surface area contributed by atoms with Crippen molar-refractivity contribution >= 4 is 53.8 Å². The number of carbonyl (C=O) groups is 1. The third-order valence-electron chi connectivity index (χ3n) is 10.4. The monoisotopic (exact) mass is 740 g/mol. The standard InChI is InChI=1S/C31H61IO6Si3/c1-29(2,3)39(10,11)36-24(18-20-32)26-28(38-41(14,15)31(7,8)9)27(37-40(12,13)30(4,5)6)25-23(35-26)17-16-22(34-25)19-21-33/h18,20-28H,16-17,19H2,1-15H3/b20-18+/t22?,23-,24-,25-,26-,27-,28+/m0/s1. The molecule has 240 valence electrons. The summed E-state index contributed by atoms with van der Waals surface area (Å²) in [5.74, 6) is 0. The Morgan fingerprint density at radius 3 is 1.71 bits per heavy atom. The van der Waals surface area contributed by atoms with Gasteiger partial charge in [-0.1, -0.05) is 84.9 Å². The number of aldehydes is 1. The molecule has 0 aliphatic carbocycles. The largest absolute Gasteiger partial charge is 0.408 e. The molecule has 1 unspecified atom stereocenters. The van der Waals surface area contributed by atoms with Crippen LogP contribution in [0.5, 0.6) is 0 Å². The minimum Gasteiger partial charge on any atom is -0.408 e. The lowest BCUT2D eigenvalue weighted by Crippen LogP contribution is -2.69. The van der Waals surface area contributed by atoms with Crippen LogP contribution in [-0.2, 0) is 27.5 Å². The van der Waals surface area contributed by atoms with E-state index in [1.54, 1.807) is 0 Å². The summed E-state index contributed by atoms with van der Waals surface area (Å²) in [5.41, 5.74) is 0. The van der Waals surface area contributed by atoms with Crippen LogP contribution in [0.15, 0.2) is 10.2 Å². The number of hydrogen-bond acceptors (Lipinski definition) is 6. The van der Waals surface area contributed by atoms with Crippen molar-refractivity contribution in [2.75, 3.05) is 0 Å². The fourth-order valence-corrected chi connectivity index (χ4v) is 8.89. The molecule has 2 saturated heterocycles. The molecule has 0 bridgehead atoms. The first-order chi connectivity index (χ1) is 18.4. The molecule has 10 heteroatoms. The molecule has 0 aromatic heterocycles. The summed E-state index contributed by atoms with van der Waals surface area (Å²) in [6.07, 6.45) is 3.25. The van der Waals surface area contributed by atoms with Crippen LogP contribution < -0.4 is 0 Å². The Labute approximate surface area is 268 Å². The van der Waals surface area contributed by atoms with Gasteiger partial charge >= 0.3 is 0 Å². The molecule has 6 nitrogen and oxygen atoms in total. The molecule has 2 fully saturated rings. The van der Waals surface area contributed by atoms with E-state index in [0.717, 1.165) is 19.1 Å². The number of ether oxygens (including phenoxy) is 2. The van der Waals surface area contributed by atoms with Crippen LogP contribution in [0, 0.1) is 0 Å². The molecule has 0 aromatic carbocycles. The van der Waals surface area contributed by atoms with Crippen molar-refractivity contribution < 1.29 is 27.5 Å². The van der Waals surface area contributed by atoms with Gasteiger partial charge in [-0.15, -0.1) is 0 Å². The van der Waals surface area contributed by atoms with Crippen molar-refractivity contribution in [2.24, 2.45) is 0 Å². The van der Waals surface area contributed by atoms with E-state index in [1.807, 2.05) is 0 Å². The predicted molar refractivity (Wildman–Crippen MR) is 187 cm³/mol. The molecule has 41 heavy (non-hydrogen) atoms. The molecular weight excluding hydrogens is 679 g/mol. The normalized spacial score (nSPS) is 29.9. The van der Waals surface area contributed by atoms with Gasteiger partial charge in [0.25, 0.3) is 0 Å². The Morgan fingerprint density at radius 2 is 1.27 bits per heavy atom. The van der Waals surface area contributed by atoms with E-state index < -0.39 is 25.0 Å². The highest BCUT2D eigenvalue weighted by Gasteiger charge is 2.57. The Bertz CT molecular complexity index is 903. The van der Waals surface area contributed by atoms with Gasteiger partial charge in [0.2, 0.25) is 0 Å². The first kappa shape index (κ1) is 37.8. The minimum absolute atomic E-state index is 0.00170. The highest BCUT2D eigenvalue weighted by Crippen LogP contribution is 2.47. The molecule has 2 rings (SSSR count). The highest BCUT2D eigenvalue weighted by atomic mass is 127. The van der Waals surface area contributed by atoms with Gasteiger partial charge in [0.1, 0.15) is 30.7 Å². The van der Waals surface area contributed by atoms with Crippen molar-refractivity contribution in [3.05, 3.63) is 10.2 Å². The third kappa shape index (κ3) is 9.08. The van der Waals surface area contributed by atoms with Crippen molar-refractivity contribution in [2.45, 2.75) is 179 Å². The summed E-state index contributed by atoms with van der Waals surface area (Å²) in [4.78, 5) is 11.5. The second-order valence-electron chi connectivity index (χ2n) is 16.7. The maximum atomic E-state index is 11.5. The van der Waals surface area contributed by atoms with E-state index in [9.17, 15) is 4.79 Å². The Kier molecular flexibility index (Phi) is 12.5. The number of halogens is 1. The predicted octanol–water partition coefficient (Wildman–Crippen LogP) is 9.01. The SMILES string of the molecule is CC(C)(C)[Si](C)(C)O[C@@H]1[C@H](O[Si](C)(C)C(C)(C)C)[C@H]([C@H](/C=C/I)O[Si](C)(C)C(C)(C)C)O[C@H]2CCC(CC=O)O[C@H]12. The van der Waals surface area contributed by atoms with Crippen LogP contribution in [0.4, 0.5) is 0 Å². The van der Waals surface area contributed by atoms with E-state index in [-0.39, 0.29) is 57.8 Å². The van der Waals surface area contributed by atoms with Gasteiger partial charge in [-0.05, 0) is 77.4 Å². The average molecular weight is 741 g/mol. The number of rotatable bonds is 10. The number of carbonyl (C=O) groups excluding carboxylic acids is 1. The molecular formula is C31H61IO6Si3.